The van der Waals surface area contributed by atoms with Crippen molar-refractivity contribution in [2.45, 2.75) is 6.54 Å². The van der Waals surface area contributed by atoms with Gasteiger partial charge in [-0.05, 0) is 17.7 Å². The first-order valence-electron chi connectivity index (χ1n) is 5.44. The van der Waals surface area contributed by atoms with Crippen LogP contribution in [0.15, 0.2) is 37.1 Å². The molecule has 0 fully saturated rings. The van der Waals surface area contributed by atoms with E-state index in [0.29, 0.717) is 12.4 Å². The fourth-order valence-corrected chi connectivity index (χ4v) is 1.75. The third-order valence-corrected chi connectivity index (χ3v) is 2.58. The van der Waals surface area contributed by atoms with Crippen LogP contribution < -0.4 is 5.32 Å². The highest BCUT2D eigenvalue weighted by molar-refractivity contribution is 5.86. The fourth-order valence-electron chi connectivity index (χ4n) is 1.75. The Morgan fingerprint density at radius 1 is 1.28 bits per heavy atom. The molecule has 18 heavy (non-hydrogen) atoms. The SMILES string of the molecule is Fc1cncc(CNc2ncnc3[nH]ccc23)c1. The molecule has 0 saturated heterocycles. The average Bonchev–Trinajstić information content (AvgIpc) is 2.85. The minimum absolute atomic E-state index is 0.344. The molecule has 0 aliphatic carbocycles. The van der Waals surface area contributed by atoms with Crippen LogP contribution in [0.1, 0.15) is 5.56 Å². The van der Waals surface area contributed by atoms with E-state index in [1.165, 1.54) is 18.6 Å². The van der Waals surface area contributed by atoms with Crippen LogP contribution in [0.3, 0.4) is 0 Å². The van der Waals surface area contributed by atoms with Gasteiger partial charge in [0.1, 0.15) is 23.6 Å². The summed E-state index contributed by atoms with van der Waals surface area (Å²) in [5.41, 5.74) is 1.53. The first kappa shape index (κ1) is 10.6. The summed E-state index contributed by atoms with van der Waals surface area (Å²) in [6, 6.07) is 3.33. The maximum absolute atomic E-state index is 13.0. The molecule has 0 radical (unpaired) electrons. The Morgan fingerprint density at radius 3 is 3.11 bits per heavy atom. The molecule has 5 nitrogen and oxygen atoms in total. The Kier molecular flexibility index (Phi) is 2.60. The number of nitrogens with one attached hydrogen (secondary N) is 2. The van der Waals surface area contributed by atoms with Gasteiger partial charge in [0, 0.05) is 18.9 Å². The molecule has 3 rings (SSSR count). The smallest absolute Gasteiger partial charge is 0.142 e. The minimum Gasteiger partial charge on any atom is -0.365 e. The van der Waals surface area contributed by atoms with Gasteiger partial charge in [-0.3, -0.25) is 4.98 Å². The van der Waals surface area contributed by atoms with Crippen molar-refractivity contribution in [3.05, 3.63) is 48.4 Å². The van der Waals surface area contributed by atoms with Crippen LogP contribution in [0.5, 0.6) is 0 Å². The minimum atomic E-state index is -0.344. The van der Waals surface area contributed by atoms with Crippen molar-refractivity contribution in [3.8, 4) is 0 Å². The number of rotatable bonds is 3. The van der Waals surface area contributed by atoms with Gasteiger partial charge in [0.15, 0.2) is 0 Å². The molecule has 3 aromatic rings. The van der Waals surface area contributed by atoms with Gasteiger partial charge in [0.25, 0.3) is 0 Å². The molecule has 90 valence electrons. The Hall–Kier alpha value is -2.50. The van der Waals surface area contributed by atoms with Gasteiger partial charge in [-0.25, -0.2) is 14.4 Å². The zero-order valence-corrected chi connectivity index (χ0v) is 9.39. The molecule has 0 aliphatic heterocycles. The van der Waals surface area contributed by atoms with Crippen molar-refractivity contribution < 1.29 is 4.39 Å². The molecule has 0 unspecified atom stereocenters. The van der Waals surface area contributed by atoms with Crippen molar-refractivity contribution in [2.75, 3.05) is 5.32 Å². The average molecular weight is 243 g/mol. The number of fused-ring (bicyclic) bond motifs is 1. The van der Waals surface area contributed by atoms with Crippen LogP contribution in [0.4, 0.5) is 10.2 Å². The summed E-state index contributed by atoms with van der Waals surface area (Å²) in [7, 11) is 0. The summed E-state index contributed by atoms with van der Waals surface area (Å²) in [6.07, 6.45) is 6.07. The molecule has 6 heteroatoms. The number of halogens is 1. The molecular formula is C12H10FN5. The number of H-pyrrole nitrogens is 1. The highest BCUT2D eigenvalue weighted by atomic mass is 19.1. The summed E-state index contributed by atoms with van der Waals surface area (Å²) in [5, 5.41) is 4.04. The van der Waals surface area contributed by atoms with Crippen molar-refractivity contribution in [2.24, 2.45) is 0 Å². The molecular weight excluding hydrogens is 233 g/mol. The van der Waals surface area contributed by atoms with E-state index in [1.807, 2.05) is 6.07 Å². The Labute approximate surface area is 102 Å². The zero-order chi connectivity index (χ0) is 12.4. The van der Waals surface area contributed by atoms with Gasteiger partial charge in [0.05, 0.1) is 11.6 Å². The zero-order valence-electron chi connectivity index (χ0n) is 9.39. The lowest BCUT2D eigenvalue weighted by Gasteiger charge is -2.06. The second kappa shape index (κ2) is 4.40. The third kappa shape index (κ3) is 2.00. The summed E-state index contributed by atoms with van der Waals surface area (Å²) >= 11 is 0. The lowest BCUT2D eigenvalue weighted by molar-refractivity contribution is 0.619. The molecule has 0 spiro atoms. The maximum Gasteiger partial charge on any atom is 0.142 e. The van der Waals surface area contributed by atoms with Crippen molar-refractivity contribution in [1.29, 1.82) is 0 Å². The van der Waals surface area contributed by atoms with Gasteiger partial charge >= 0.3 is 0 Å². The van der Waals surface area contributed by atoms with Crippen molar-refractivity contribution in [3.63, 3.8) is 0 Å². The standard InChI is InChI=1S/C12H10FN5/c13-9-3-8(4-14-6-9)5-16-12-10-1-2-15-11(10)17-7-18-12/h1-4,6-7H,5H2,(H2,15,16,17,18). The molecule has 3 aromatic heterocycles. The summed E-state index contributed by atoms with van der Waals surface area (Å²) in [5.74, 6) is 0.370. The fraction of sp³-hybridized carbons (Fsp3) is 0.0833. The topological polar surface area (TPSA) is 66.5 Å². The van der Waals surface area contributed by atoms with Crippen molar-refractivity contribution in [1.82, 2.24) is 19.9 Å². The van der Waals surface area contributed by atoms with E-state index >= 15 is 0 Å². The normalized spacial score (nSPS) is 10.7. The second-order valence-electron chi connectivity index (χ2n) is 3.83. The molecule has 3 heterocycles. The number of aromatic amines is 1. The molecule has 0 aromatic carbocycles. The van der Waals surface area contributed by atoms with Gasteiger partial charge in [0.2, 0.25) is 0 Å². The Morgan fingerprint density at radius 2 is 2.22 bits per heavy atom. The molecule has 2 N–H and O–H groups in total. The van der Waals surface area contributed by atoms with Crippen LogP contribution in [0.25, 0.3) is 11.0 Å². The van der Waals surface area contributed by atoms with Crippen LogP contribution in [-0.2, 0) is 6.54 Å². The van der Waals surface area contributed by atoms with E-state index < -0.39 is 0 Å². The van der Waals surface area contributed by atoms with E-state index in [1.54, 1.807) is 12.4 Å². The van der Waals surface area contributed by atoms with E-state index in [0.717, 1.165) is 16.6 Å². The number of anilines is 1. The van der Waals surface area contributed by atoms with Crippen LogP contribution in [0.2, 0.25) is 0 Å². The van der Waals surface area contributed by atoms with Crippen LogP contribution in [0, 0.1) is 5.82 Å². The van der Waals surface area contributed by atoms with Gasteiger partial charge in [-0.2, -0.15) is 0 Å². The van der Waals surface area contributed by atoms with E-state index in [9.17, 15) is 4.39 Å². The number of hydrogen-bond acceptors (Lipinski definition) is 4. The largest absolute Gasteiger partial charge is 0.365 e. The monoisotopic (exact) mass is 243 g/mol. The molecule has 0 saturated carbocycles. The summed E-state index contributed by atoms with van der Waals surface area (Å²) in [6.45, 7) is 0.460. The Balaban J connectivity index is 1.83. The number of hydrogen-bond donors (Lipinski definition) is 2. The first-order chi connectivity index (χ1) is 8.83. The van der Waals surface area contributed by atoms with E-state index in [4.69, 9.17) is 0 Å². The van der Waals surface area contributed by atoms with Gasteiger partial charge in [-0.1, -0.05) is 0 Å². The van der Waals surface area contributed by atoms with Crippen molar-refractivity contribution >= 4 is 16.9 Å². The quantitative estimate of drug-likeness (QED) is 0.739. The van der Waals surface area contributed by atoms with Gasteiger partial charge in [-0.15, -0.1) is 0 Å². The van der Waals surface area contributed by atoms with Crippen LogP contribution >= 0.6 is 0 Å². The number of aromatic nitrogens is 4. The Bertz CT molecular complexity index is 679. The summed E-state index contributed by atoms with van der Waals surface area (Å²) < 4.78 is 13.0. The lowest BCUT2D eigenvalue weighted by atomic mass is 10.3. The molecule has 0 aliphatic rings. The highest BCUT2D eigenvalue weighted by Gasteiger charge is 2.04. The number of nitrogens with zero attached hydrogens (tertiary/aromatic N) is 3. The van der Waals surface area contributed by atoms with E-state index in [-0.39, 0.29) is 5.82 Å². The predicted octanol–water partition coefficient (Wildman–Crippen LogP) is 2.10. The molecule has 0 amide bonds. The molecule has 0 bridgehead atoms. The second-order valence-corrected chi connectivity index (χ2v) is 3.83. The third-order valence-electron chi connectivity index (χ3n) is 2.58. The van der Waals surface area contributed by atoms with Crippen LogP contribution in [-0.4, -0.2) is 19.9 Å². The molecule has 0 atom stereocenters. The van der Waals surface area contributed by atoms with Gasteiger partial charge < -0.3 is 10.3 Å². The maximum atomic E-state index is 13.0. The first-order valence-corrected chi connectivity index (χ1v) is 5.44. The van der Waals surface area contributed by atoms with E-state index in [2.05, 4.69) is 25.3 Å². The number of pyridine rings is 1. The summed E-state index contributed by atoms with van der Waals surface area (Å²) in [4.78, 5) is 15.1. The lowest BCUT2D eigenvalue weighted by Crippen LogP contribution is -2.02. The predicted molar refractivity (Wildman–Crippen MR) is 65.4 cm³/mol. The highest BCUT2D eigenvalue weighted by Crippen LogP contribution is 2.18.